The summed E-state index contributed by atoms with van der Waals surface area (Å²) in [6.45, 7) is 5.43. The average molecular weight is 331 g/mol. The fourth-order valence-corrected chi connectivity index (χ4v) is 2.31. The van der Waals surface area contributed by atoms with E-state index in [2.05, 4.69) is 5.32 Å². The number of benzene rings is 2. The summed E-state index contributed by atoms with van der Waals surface area (Å²) in [4.78, 5) is 12.3. The maximum atomic E-state index is 13.8. The first-order chi connectivity index (χ1) is 11.4. The molecule has 0 saturated carbocycles. The van der Waals surface area contributed by atoms with Gasteiger partial charge in [0.25, 0.3) is 5.91 Å². The minimum atomic E-state index is -0.655. The molecule has 2 aromatic rings. The first kappa shape index (κ1) is 17.8. The Bertz CT molecular complexity index is 718. The van der Waals surface area contributed by atoms with Crippen LogP contribution in [0.2, 0.25) is 0 Å². The summed E-state index contributed by atoms with van der Waals surface area (Å²) in [7, 11) is 1.41. The van der Waals surface area contributed by atoms with Gasteiger partial charge in [-0.1, -0.05) is 18.2 Å². The summed E-state index contributed by atoms with van der Waals surface area (Å²) in [6, 6.07) is 11.8. The number of hydrogen-bond acceptors (Lipinski definition) is 3. The zero-order valence-corrected chi connectivity index (χ0v) is 14.3. The lowest BCUT2D eigenvalue weighted by Crippen LogP contribution is -2.37. The van der Waals surface area contributed by atoms with Gasteiger partial charge in [0.2, 0.25) is 0 Å². The van der Waals surface area contributed by atoms with Crippen molar-refractivity contribution in [2.45, 2.75) is 32.9 Å². The lowest BCUT2D eigenvalue weighted by molar-refractivity contribution is -0.127. The number of carbonyl (C=O) groups is 1. The molecule has 2 rings (SSSR count). The lowest BCUT2D eigenvalue weighted by Gasteiger charge is -2.19. The quantitative estimate of drug-likeness (QED) is 0.876. The van der Waals surface area contributed by atoms with Gasteiger partial charge in [-0.3, -0.25) is 4.79 Å². The van der Waals surface area contributed by atoms with Gasteiger partial charge < -0.3 is 14.8 Å². The largest absolute Gasteiger partial charge is 0.494 e. The minimum Gasteiger partial charge on any atom is -0.494 e. The molecule has 0 heterocycles. The highest BCUT2D eigenvalue weighted by Gasteiger charge is 2.18. The summed E-state index contributed by atoms with van der Waals surface area (Å²) in [5.74, 6) is 0.0922. The van der Waals surface area contributed by atoms with Crippen molar-refractivity contribution >= 4 is 5.91 Å². The monoisotopic (exact) mass is 331 g/mol. The van der Waals surface area contributed by atoms with Gasteiger partial charge in [0.05, 0.1) is 13.2 Å². The second-order valence-corrected chi connectivity index (χ2v) is 5.70. The Morgan fingerprint density at radius 1 is 1.17 bits per heavy atom. The van der Waals surface area contributed by atoms with E-state index in [1.165, 1.54) is 13.2 Å². The van der Waals surface area contributed by atoms with Crippen molar-refractivity contribution in [2.75, 3.05) is 7.11 Å². The molecule has 0 aliphatic rings. The van der Waals surface area contributed by atoms with E-state index in [-0.39, 0.29) is 17.7 Å². The number of halogens is 1. The Hall–Kier alpha value is -2.56. The number of rotatable bonds is 6. The van der Waals surface area contributed by atoms with E-state index in [0.717, 1.165) is 5.56 Å². The van der Waals surface area contributed by atoms with E-state index in [1.54, 1.807) is 32.0 Å². The van der Waals surface area contributed by atoms with Crippen LogP contribution in [-0.2, 0) is 4.79 Å². The van der Waals surface area contributed by atoms with Crippen LogP contribution in [0.15, 0.2) is 42.5 Å². The molecule has 0 radical (unpaired) electrons. The molecule has 24 heavy (non-hydrogen) atoms. The molecule has 0 fully saturated rings. The molecule has 0 spiro atoms. The number of methoxy groups -OCH3 is 1. The van der Waals surface area contributed by atoms with Crippen molar-refractivity contribution < 1.29 is 18.7 Å². The van der Waals surface area contributed by atoms with Gasteiger partial charge in [-0.15, -0.1) is 0 Å². The van der Waals surface area contributed by atoms with Gasteiger partial charge in [0.15, 0.2) is 17.7 Å². The minimum absolute atomic E-state index is 0.174. The molecule has 5 heteroatoms. The van der Waals surface area contributed by atoms with E-state index in [0.29, 0.717) is 11.3 Å². The number of carbonyl (C=O) groups excluding carboxylic acids is 1. The van der Waals surface area contributed by atoms with Crippen molar-refractivity contribution in [1.82, 2.24) is 5.32 Å². The van der Waals surface area contributed by atoms with Crippen molar-refractivity contribution in [3.05, 3.63) is 59.4 Å². The van der Waals surface area contributed by atoms with E-state index in [4.69, 9.17) is 9.47 Å². The smallest absolute Gasteiger partial charge is 0.261 e. The van der Waals surface area contributed by atoms with Crippen LogP contribution in [0.4, 0.5) is 4.39 Å². The van der Waals surface area contributed by atoms with E-state index in [9.17, 15) is 9.18 Å². The third kappa shape index (κ3) is 4.47. The van der Waals surface area contributed by atoms with Crippen LogP contribution in [0.25, 0.3) is 0 Å². The zero-order valence-electron chi connectivity index (χ0n) is 14.3. The SMILES string of the molecule is COc1ccc(C(C)NC(=O)C(C)Oc2cccc(C)c2)cc1F. The van der Waals surface area contributed by atoms with Gasteiger partial charge in [-0.2, -0.15) is 0 Å². The van der Waals surface area contributed by atoms with Gasteiger partial charge in [0.1, 0.15) is 5.75 Å². The molecular weight excluding hydrogens is 309 g/mol. The summed E-state index contributed by atoms with van der Waals surface area (Å²) in [6.07, 6.45) is -0.655. The molecule has 2 unspecified atom stereocenters. The standard InChI is InChI=1S/C19H22FNO3/c1-12-6-5-7-16(10-12)24-14(3)19(22)21-13(2)15-8-9-18(23-4)17(20)11-15/h5-11,13-14H,1-4H3,(H,21,22). The van der Waals surface area contributed by atoms with Gasteiger partial charge >= 0.3 is 0 Å². The number of ether oxygens (including phenoxy) is 2. The second kappa shape index (κ2) is 7.81. The normalized spacial score (nSPS) is 13.0. The molecule has 0 bridgehead atoms. The molecule has 1 N–H and O–H groups in total. The molecule has 0 aliphatic heterocycles. The fourth-order valence-electron chi connectivity index (χ4n) is 2.31. The van der Waals surface area contributed by atoms with Crippen LogP contribution in [0.1, 0.15) is 31.0 Å². The average Bonchev–Trinajstić information content (AvgIpc) is 2.54. The first-order valence-electron chi connectivity index (χ1n) is 7.78. The molecule has 4 nitrogen and oxygen atoms in total. The molecular formula is C19H22FNO3. The Morgan fingerprint density at radius 3 is 2.54 bits per heavy atom. The molecule has 0 aromatic heterocycles. The Kier molecular flexibility index (Phi) is 5.79. The first-order valence-corrected chi connectivity index (χ1v) is 7.78. The number of aryl methyl sites for hydroxylation is 1. The molecule has 2 aromatic carbocycles. The summed E-state index contributed by atoms with van der Waals surface area (Å²) >= 11 is 0. The van der Waals surface area contributed by atoms with E-state index < -0.39 is 11.9 Å². The van der Waals surface area contributed by atoms with Gasteiger partial charge in [0, 0.05) is 0 Å². The number of nitrogens with one attached hydrogen (secondary N) is 1. The Balaban J connectivity index is 1.98. The Morgan fingerprint density at radius 2 is 1.92 bits per heavy atom. The highest BCUT2D eigenvalue weighted by Crippen LogP contribution is 2.22. The maximum absolute atomic E-state index is 13.8. The molecule has 2 atom stereocenters. The molecule has 0 saturated heterocycles. The predicted molar refractivity (Wildman–Crippen MR) is 90.8 cm³/mol. The molecule has 128 valence electrons. The van der Waals surface area contributed by atoms with E-state index in [1.807, 2.05) is 25.1 Å². The van der Waals surface area contributed by atoms with Crippen LogP contribution in [0, 0.1) is 12.7 Å². The third-order valence-electron chi connectivity index (χ3n) is 3.71. The topological polar surface area (TPSA) is 47.6 Å². The van der Waals surface area contributed by atoms with Crippen molar-refractivity contribution in [3.8, 4) is 11.5 Å². The van der Waals surface area contributed by atoms with E-state index >= 15 is 0 Å². The fraction of sp³-hybridized carbons (Fsp3) is 0.316. The second-order valence-electron chi connectivity index (χ2n) is 5.70. The van der Waals surface area contributed by atoms with Crippen molar-refractivity contribution in [2.24, 2.45) is 0 Å². The van der Waals surface area contributed by atoms with Crippen LogP contribution in [0.5, 0.6) is 11.5 Å². The van der Waals surface area contributed by atoms with Crippen LogP contribution >= 0.6 is 0 Å². The van der Waals surface area contributed by atoms with Gasteiger partial charge in [-0.05, 0) is 56.2 Å². The lowest BCUT2D eigenvalue weighted by atomic mass is 10.1. The zero-order chi connectivity index (χ0) is 17.7. The van der Waals surface area contributed by atoms with Gasteiger partial charge in [-0.25, -0.2) is 4.39 Å². The van der Waals surface area contributed by atoms with Crippen molar-refractivity contribution in [3.63, 3.8) is 0 Å². The van der Waals surface area contributed by atoms with Crippen LogP contribution < -0.4 is 14.8 Å². The maximum Gasteiger partial charge on any atom is 0.261 e. The van der Waals surface area contributed by atoms with Crippen molar-refractivity contribution in [1.29, 1.82) is 0 Å². The third-order valence-corrected chi connectivity index (χ3v) is 3.71. The highest BCUT2D eigenvalue weighted by atomic mass is 19.1. The predicted octanol–water partition coefficient (Wildman–Crippen LogP) is 3.79. The summed E-state index contributed by atoms with van der Waals surface area (Å²) in [5, 5.41) is 2.82. The number of hydrogen-bond donors (Lipinski definition) is 1. The van der Waals surface area contributed by atoms with Crippen LogP contribution in [-0.4, -0.2) is 19.1 Å². The summed E-state index contributed by atoms with van der Waals surface area (Å²) < 4.78 is 24.3. The molecule has 1 amide bonds. The highest BCUT2D eigenvalue weighted by molar-refractivity contribution is 5.81. The van der Waals surface area contributed by atoms with Crippen LogP contribution in [0.3, 0.4) is 0 Å². The molecule has 0 aliphatic carbocycles. The Labute approximate surface area is 141 Å². The summed E-state index contributed by atoms with van der Waals surface area (Å²) in [5.41, 5.74) is 1.71. The number of amides is 1.